The number of aromatic nitrogens is 1. The van der Waals surface area contributed by atoms with Crippen molar-refractivity contribution in [3.8, 4) is 0 Å². The average molecular weight is 184 g/mol. The van der Waals surface area contributed by atoms with Crippen LogP contribution in [0.5, 0.6) is 0 Å². The van der Waals surface area contributed by atoms with Crippen molar-refractivity contribution in [2.45, 2.75) is 13.8 Å². The average Bonchev–Trinajstić information content (AvgIpc) is 2.26. The summed E-state index contributed by atoms with van der Waals surface area (Å²) in [6.07, 6.45) is 0. The molecule has 0 unspecified atom stereocenters. The number of carboxylic acid groups (broad SMARTS) is 1. The zero-order valence-electron chi connectivity index (χ0n) is 7.12. The Morgan fingerprint density at radius 1 is 1.54 bits per heavy atom. The molecule has 0 aromatic carbocycles. The van der Waals surface area contributed by atoms with E-state index in [1.165, 1.54) is 13.8 Å². The number of carboxylic acids is 1. The van der Waals surface area contributed by atoms with Gasteiger partial charge in [0, 0.05) is 0 Å². The third-order valence-corrected chi connectivity index (χ3v) is 1.79. The van der Waals surface area contributed by atoms with Gasteiger partial charge in [-0.3, -0.25) is 10.1 Å². The quantitative estimate of drug-likeness (QED) is 0.533. The molecule has 1 aromatic heterocycles. The van der Waals surface area contributed by atoms with Gasteiger partial charge in [0.2, 0.25) is 0 Å². The van der Waals surface area contributed by atoms with Gasteiger partial charge in [-0.25, -0.2) is 4.79 Å². The normalized spacial score (nSPS) is 10.0. The molecule has 2 N–H and O–H groups in total. The standard InChI is InChI=1S/C7H8N2O4/c1-3-5(7(10)11)8-4(2)6(3)9(12)13/h8H,1-2H3,(H,10,11). The Morgan fingerprint density at radius 2 is 2.08 bits per heavy atom. The second kappa shape index (κ2) is 2.89. The van der Waals surface area contributed by atoms with E-state index in [0.717, 1.165) is 0 Å². The molecule has 0 bridgehead atoms. The summed E-state index contributed by atoms with van der Waals surface area (Å²) >= 11 is 0. The summed E-state index contributed by atoms with van der Waals surface area (Å²) in [7, 11) is 0. The van der Waals surface area contributed by atoms with Crippen molar-refractivity contribution in [3.63, 3.8) is 0 Å². The maximum absolute atomic E-state index is 10.6. The Morgan fingerprint density at radius 3 is 2.31 bits per heavy atom. The van der Waals surface area contributed by atoms with Gasteiger partial charge in [0.15, 0.2) is 0 Å². The van der Waals surface area contributed by atoms with E-state index in [4.69, 9.17) is 5.11 Å². The molecule has 6 nitrogen and oxygen atoms in total. The Kier molecular flexibility index (Phi) is 2.05. The molecule has 0 aliphatic carbocycles. The Balaban J connectivity index is 3.39. The second-order valence-corrected chi connectivity index (χ2v) is 2.66. The predicted octanol–water partition coefficient (Wildman–Crippen LogP) is 1.24. The smallest absolute Gasteiger partial charge is 0.352 e. The second-order valence-electron chi connectivity index (χ2n) is 2.66. The molecule has 0 atom stereocenters. The van der Waals surface area contributed by atoms with E-state index in [9.17, 15) is 14.9 Å². The molecule has 1 rings (SSSR count). The van der Waals surface area contributed by atoms with Gasteiger partial charge in [0.25, 0.3) is 5.69 Å². The summed E-state index contributed by atoms with van der Waals surface area (Å²) in [5, 5.41) is 19.1. The van der Waals surface area contributed by atoms with Crippen LogP contribution in [0.4, 0.5) is 5.69 Å². The predicted molar refractivity (Wildman–Crippen MR) is 43.9 cm³/mol. The van der Waals surface area contributed by atoms with Crippen LogP contribution in [-0.4, -0.2) is 21.0 Å². The highest BCUT2D eigenvalue weighted by atomic mass is 16.6. The van der Waals surface area contributed by atoms with E-state index in [1.807, 2.05) is 0 Å². The monoisotopic (exact) mass is 184 g/mol. The SMILES string of the molecule is Cc1[nH]c(C(=O)O)c(C)c1[N+](=O)[O-]. The first-order chi connectivity index (χ1) is 5.95. The number of aromatic carboxylic acids is 1. The number of rotatable bonds is 2. The highest BCUT2D eigenvalue weighted by molar-refractivity contribution is 5.89. The maximum Gasteiger partial charge on any atom is 0.352 e. The van der Waals surface area contributed by atoms with Crippen LogP contribution in [0.2, 0.25) is 0 Å². The maximum atomic E-state index is 10.6. The first kappa shape index (κ1) is 9.24. The number of aryl methyl sites for hydroxylation is 1. The number of aromatic amines is 1. The van der Waals surface area contributed by atoms with Crippen molar-refractivity contribution >= 4 is 11.7 Å². The minimum Gasteiger partial charge on any atom is -0.477 e. The Hall–Kier alpha value is -1.85. The molecule has 1 heterocycles. The summed E-state index contributed by atoms with van der Waals surface area (Å²) in [4.78, 5) is 22.9. The van der Waals surface area contributed by atoms with Crippen molar-refractivity contribution in [1.82, 2.24) is 4.98 Å². The van der Waals surface area contributed by atoms with Gasteiger partial charge in [-0.2, -0.15) is 0 Å². The molecule has 0 spiro atoms. The van der Waals surface area contributed by atoms with Crippen LogP contribution in [0.15, 0.2) is 0 Å². The van der Waals surface area contributed by atoms with Crippen LogP contribution in [0, 0.1) is 24.0 Å². The molecule has 0 aliphatic heterocycles. The largest absolute Gasteiger partial charge is 0.477 e. The topological polar surface area (TPSA) is 96.2 Å². The first-order valence-corrected chi connectivity index (χ1v) is 3.52. The number of hydrogen-bond acceptors (Lipinski definition) is 3. The van der Waals surface area contributed by atoms with Crippen molar-refractivity contribution in [2.75, 3.05) is 0 Å². The number of carbonyl (C=O) groups is 1. The van der Waals surface area contributed by atoms with Gasteiger partial charge in [-0.1, -0.05) is 0 Å². The third-order valence-electron chi connectivity index (χ3n) is 1.79. The van der Waals surface area contributed by atoms with Crippen LogP contribution in [0.3, 0.4) is 0 Å². The lowest BCUT2D eigenvalue weighted by Crippen LogP contribution is -1.99. The molecule has 0 amide bonds. The van der Waals surface area contributed by atoms with Gasteiger partial charge in [0.05, 0.1) is 16.2 Å². The van der Waals surface area contributed by atoms with Crippen LogP contribution in [0.1, 0.15) is 21.7 Å². The molecule has 6 heteroatoms. The van der Waals surface area contributed by atoms with Crippen LogP contribution in [-0.2, 0) is 0 Å². The van der Waals surface area contributed by atoms with Crippen molar-refractivity contribution in [2.24, 2.45) is 0 Å². The molecular formula is C7H8N2O4. The highest BCUT2D eigenvalue weighted by Gasteiger charge is 2.24. The molecule has 0 saturated carbocycles. The van der Waals surface area contributed by atoms with Gasteiger partial charge in [-0.05, 0) is 13.8 Å². The molecule has 0 radical (unpaired) electrons. The van der Waals surface area contributed by atoms with Crippen LogP contribution in [0.25, 0.3) is 0 Å². The summed E-state index contributed by atoms with van der Waals surface area (Å²) < 4.78 is 0. The summed E-state index contributed by atoms with van der Waals surface area (Å²) in [6, 6.07) is 0. The van der Waals surface area contributed by atoms with Crippen molar-refractivity contribution in [1.29, 1.82) is 0 Å². The molecular weight excluding hydrogens is 176 g/mol. The van der Waals surface area contributed by atoms with Gasteiger partial charge >= 0.3 is 5.97 Å². The number of nitrogens with one attached hydrogen (secondary N) is 1. The lowest BCUT2D eigenvalue weighted by Gasteiger charge is -1.89. The fourth-order valence-electron chi connectivity index (χ4n) is 1.23. The zero-order chi connectivity index (χ0) is 10.2. The van der Waals surface area contributed by atoms with E-state index in [0.29, 0.717) is 0 Å². The van der Waals surface area contributed by atoms with Gasteiger partial charge < -0.3 is 10.1 Å². The minimum atomic E-state index is -1.19. The highest BCUT2D eigenvalue weighted by Crippen LogP contribution is 2.25. The molecule has 13 heavy (non-hydrogen) atoms. The Bertz CT molecular complexity index is 380. The molecule has 0 aliphatic rings. The van der Waals surface area contributed by atoms with Crippen molar-refractivity contribution < 1.29 is 14.8 Å². The number of nitro groups is 1. The van der Waals surface area contributed by atoms with Gasteiger partial charge in [0.1, 0.15) is 5.69 Å². The third kappa shape index (κ3) is 1.37. The molecule has 0 saturated heterocycles. The number of nitrogens with zero attached hydrogens (tertiary/aromatic N) is 1. The number of H-pyrrole nitrogens is 1. The van der Waals surface area contributed by atoms with E-state index in [2.05, 4.69) is 4.98 Å². The molecule has 70 valence electrons. The van der Waals surface area contributed by atoms with Gasteiger partial charge in [-0.15, -0.1) is 0 Å². The Labute approximate surface area is 73.3 Å². The van der Waals surface area contributed by atoms with E-state index >= 15 is 0 Å². The molecule has 0 fully saturated rings. The lowest BCUT2D eigenvalue weighted by molar-refractivity contribution is -0.385. The lowest BCUT2D eigenvalue weighted by atomic mass is 10.2. The summed E-state index contributed by atoms with van der Waals surface area (Å²) in [6.45, 7) is 2.88. The summed E-state index contributed by atoms with van der Waals surface area (Å²) in [5.41, 5.74) is 0.150. The van der Waals surface area contributed by atoms with E-state index in [1.54, 1.807) is 0 Å². The van der Waals surface area contributed by atoms with E-state index in [-0.39, 0.29) is 22.6 Å². The first-order valence-electron chi connectivity index (χ1n) is 3.52. The fourth-order valence-corrected chi connectivity index (χ4v) is 1.23. The van der Waals surface area contributed by atoms with Crippen LogP contribution >= 0.6 is 0 Å². The molecule has 1 aromatic rings. The van der Waals surface area contributed by atoms with E-state index < -0.39 is 10.9 Å². The van der Waals surface area contributed by atoms with Crippen molar-refractivity contribution in [3.05, 3.63) is 27.1 Å². The fraction of sp³-hybridized carbons (Fsp3) is 0.286. The summed E-state index contributed by atoms with van der Waals surface area (Å²) in [5.74, 6) is -1.19. The van der Waals surface area contributed by atoms with Crippen LogP contribution < -0.4 is 0 Å². The zero-order valence-corrected chi connectivity index (χ0v) is 7.12. The minimum absolute atomic E-state index is 0.121. The number of hydrogen-bond donors (Lipinski definition) is 2.